The minimum atomic E-state index is -0.906. The van der Waals surface area contributed by atoms with Gasteiger partial charge in [-0.15, -0.1) is 0 Å². The molecule has 5 atom stereocenters. The molecule has 3 N–H and O–H groups in total. The molecule has 0 aromatic carbocycles. The highest BCUT2D eigenvalue weighted by atomic mass is 16.5. The zero-order valence-corrected chi connectivity index (χ0v) is 21.8. The van der Waals surface area contributed by atoms with Gasteiger partial charge in [-0.2, -0.15) is 0 Å². The summed E-state index contributed by atoms with van der Waals surface area (Å²) in [6.45, 7) is 13.7. The summed E-state index contributed by atoms with van der Waals surface area (Å²) >= 11 is 0. The Morgan fingerprint density at radius 1 is 1.21 bits per heavy atom. The summed E-state index contributed by atoms with van der Waals surface area (Å²) in [6.07, 6.45) is 11.2. The van der Waals surface area contributed by atoms with Crippen molar-refractivity contribution in [3.8, 4) is 11.8 Å². The van der Waals surface area contributed by atoms with E-state index in [-0.39, 0.29) is 5.41 Å². The van der Waals surface area contributed by atoms with Crippen molar-refractivity contribution in [1.29, 1.82) is 0 Å². The van der Waals surface area contributed by atoms with Gasteiger partial charge in [0.2, 0.25) is 0 Å². The molecule has 0 spiro atoms. The van der Waals surface area contributed by atoms with Gasteiger partial charge in [0.25, 0.3) is 0 Å². The highest BCUT2D eigenvalue weighted by Gasteiger charge is 2.53. The van der Waals surface area contributed by atoms with E-state index in [9.17, 15) is 15.3 Å². The van der Waals surface area contributed by atoms with Gasteiger partial charge in [0.15, 0.2) is 0 Å². The van der Waals surface area contributed by atoms with Crippen molar-refractivity contribution >= 4 is 0 Å². The number of aliphatic hydroxyl groups excluding tert-OH is 2. The van der Waals surface area contributed by atoms with Crippen molar-refractivity contribution < 1.29 is 20.1 Å². The molecule has 0 amide bonds. The standard InChI is InChI=1S/C30H46O4/c1-6-29(33,7-2)15-9-17-34-20-30-16-8-10-23(27(30)14-13-26(30)21(3)4)11-12-24-18-25(31)19-28(32)22(24)5/h11-12,21,25-28,31-33H,5-8,10,13-14,16-20H2,1-4H3/t25-,26-,27+,28+,30+/m1/s1. The summed E-state index contributed by atoms with van der Waals surface area (Å²) in [5.41, 5.74) is 2.42. The molecule has 0 unspecified atom stereocenters. The highest BCUT2D eigenvalue weighted by molar-refractivity contribution is 5.38. The Kier molecular flexibility index (Phi) is 9.26. The van der Waals surface area contributed by atoms with Crippen LogP contribution in [0.5, 0.6) is 0 Å². The molecule has 0 radical (unpaired) electrons. The molecule has 0 aromatic rings. The third-order valence-corrected chi connectivity index (χ3v) is 8.86. The molecule has 3 saturated carbocycles. The number of hydrogen-bond donors (Lipinski definition) is 3. The van der Waals surface area contributed by atoms with Gasteiger partial charge in [-0.3, -0.25) is 0 Å². The molecule has 4 nitrogen and oxygen atoms in total. The summed E-state index contributed by atoms with van der Waals surface area (Å²) in [5, 5.41) is 30.7. The van der Waals surface area contributed by atoms with Crippen LogP contribution in [0.2, 0.25) is 0 Å². The average Bonchev–Trinajstić information content (AvgIpc) is 3.20. The predicted octanol–water partition coefficient (Wildman–Crippen LogP) is 5.33. The molecule has 0 saturated heterocycles. The monoisotopic (exact) mass is 470 g/mol. The van der Waals surface area contributed by atoms with E-state index in [1.165, 1.54) is 24.8 Å². The molecule has 0 aliphatic heterocycles. The van der Waals surface area contributed by atoms with E-state index < -0.39 is 17.8 Å². The summed E-state index contributed by atoms with van der Waals surface area (Å²) < 4.78 is 6.22. The maximum absolute atomic E-state index is 10.4. The van der Waals surface area contributed by atoms with Crippen LogP contribution in [0.15, 0.2) is 35.5 Å². The second-order valence-electron chi connectivity index (χ2n) is 11.2. The molecule has 0 aromatic heterocycles. The normalized spacial score (nSPS) is 34.4. The average molecular weight is 471 g/mol. The van der Waals surface area contributed by atoms with Crippen molar-refractivity contribution in [3.63, 3.8) is 0 Å². The van der Waals surface area contributed by atoms with Crippen molar-refractivity contribution in [3.05, 3.63) is 35.5 Å². The Bertz CT molecular complexity index is 838. The molecule has 3 fully saturated rings. The van der Waals surface area contributed by atoms with Gasteiger partial charge in [-0.05, 0) is 80.3 Å². The molecule has 3 rings (SSSR count). The lowest BCUT2D eigenvalue weighted by atomic mass is 9.60. The van der Waals surface area contributed by atoms with E-state index in [4.69, 9.17) is 4.74 Å². The molecular formula is C30H46O4. The van der Waals surface area contributed by atoms with E-state index in [1.54, 1.807) is 0 Å². The molecular weight excluding hydrogens is 424 g/mol. The van der Waals surface area contributed by atoms with Crippen LogP contribution in [0.25, 0.3) is 0 Å². The molecule has 0 heterocycles. The first kappa shape index (κ1) is 27.2. The molecule has 4 heteroatoms. The van der Waals surface area contributed by atoms with Gasteiger partial charge in [0, 0.05) is 11.8 Å². The van der Waals surface area contributed by atoms with Gasteiger partial charge in [-0.25, -0.2) is 0 Å². The number of ether oxygens (including phenoxy) is 1. The molecule has 3 aliphatic carbocycles. The zero-order valence-electron chi connectivity index (χ0n) is 21.8. The predicted molar refractivity (Wildman–Crippen MR) is 138 cm³/mol. The fourth-order valence-corrected chi connectivity index (χ4v) is 6.75. The first-order valence-corrected chi connectivity index (χ1v) is 13.4. The van der Waals surface area contributed by atoms with E-state index in [1.807, 2.05) is 13.8 Å². The van der Waals surface area contributed by atoms with Crippen molar-refractivity contribution in [2.24, 2.45) is 23.2 Å². The van der Waals surface area contributed by atoms with Gasteiger partial charge in [0.1, 0.15) is 12.2 Å². The Morgan fingerprint density at radius 2 is 1.94 bits per heavy atom. The molecule has 3 aliphatic rings. The smallest absolute Gasteiger partial charge is 0.125 e. The summed E-state index contributed by atoms with van der Waals surface area (Å²) in [4.78, 5) is 0. The van der Waals surface area contributed by atoms with Crippen LogP contribution in [0.3, 0.4) is 0 Å². The second kappa shape index (κ2) is 11.6. The fourth-order valence-electron chi connectivity index (χ4n) is 6.75. The SMILES string of the molecule is C=C1C(=CC=C2CCC[C@]3(COCC#CC(O)(CC)CC)[C@@H](C(C)C)CC[C@@H]23)C[C@@H](O)C[C@@H]1O. The lowest BCUT2D eigenvalue weighted by molar-refractivity contribution is -0.0181. The first-order valence-electron chi connectivity index (χ1n) is 13.4. The quantitative estimate of drug-likeness (QED) is 0.347. The van der Waals surface area contributed by atoms with Gasteiger partial charge in [0.05, 0.1) is 18.8 Å². The van der Waals surface area contributed by atoms with Crippen molar-refractivity contribution in [2.75, 3.05) is 13.2 Å². The minimum Gasteiger partial charge on any atom is -0.393 e. The fraction of sp³-hybridized carbons (Fsp3) is 0.733. The third kappa shape index (κ3) is 5.88. The second-order valence-corrected chi connectivity index (χ2v) is 11.2. The van der Waals surface area contributed by atoms with Crippen LogP contribution < -0.4 is 0 Å². The van der Waals surface area contributed by atoms with Crippen LogP contribution in [-0.4, -0.2) is 46.3 Å². The summed E-state index contributed by atoms with van der Waals surface area (Å²) in [7, 11) is 0. The zero-order chi connectivity index (χ0) is 24.9. The van der Waals surface area contributed by atoms with Crippen LogP contribution in [-0.2, 0) is 4.74 Å². The lowest BCUT2D eigenvalue weighted by Crippen LogP contribution is -2.42. The molecule has 0 bridgehead atoms. The van der Waals surface area contributed by atoms with Gasteiger partial charge < -0.3 is 20.1 Å². The maximum atomic E-state index is 10.4. The van der Waals surface area contributed by atoms with E-state index in [0.29, 0.717) is 56.7 Å². The number of rotatable bonds is 7. The van der Waals surface area contributed by atoms with E-state index in [2.05, 4.69) is 44.4 Å². The van der Waals surface area contributed by atoms with Gasteiger partial charge >= 0.3 is 0 Å². The Balaban J connectivity index is 1.78. The first-order chi connectivity index (χ1) is 16.2. The number of fused-ring (bicyclic) bond motifs is 1. The molecule has 34 heavy (non-hydrogen) atoms. The maximum Gasteiger partial charge on any atom is 0.125 e. The van der Waals surface area contributed by atoms with Gasteiger partial charge in [-0.1, -0.05) is 63.8 Å². The lowest BCUT2D eigenvalue weighted by Gasteiger charge is -2.46. The summed E-state index contributed by atoms with van der Waals surface area (Å²) in [5.74, 6) is 7.81. The van der Waals surface area contributed by atoms with Crippen LogP contribution in [0.1, 0.15) is 85.5 Å². The number of hydrogen-bond acceptors (Lipinski definition) is 4. The van der Waals surface area contributed by atoms with E-state index >= 15 is 0 Å². The van der Waals surface area contributed by atoms with Crippen LogP contribution in [0, 0.1) is 35.0 Å². The Morgan fingerprint density at radius 3 is 2.62 bits per heavy atom. The number of aliphatic hydroxyl groups is 3. The van der Waals surface area contributed by atoms with Crippen LogP contribution in [0.4, 0.5) is 0 Å². The highest BCUT2D eigenvalue weighted by Crippen LogP contribution is 2.59. The Hall–Kier alpha value is -1.38. The van der Waals surface area contributed by atoms with E-state index in [0.717, 1.165) is 24.0 Å². The topological polar surface area (TPSA) is 69.9 Å². The summed E-state index contributed by atoms with van der Waals surface area (Å²) in [6, 6.07) is 0. The van der Waals surface area contributed by atoms with Crippen LogP contribution >= 0.6 is 0 Å². The largest absolute Gasteiger partial charge is 0.393 e. The van der Waals surface area contributed by atoms with Crippen molar-refractivity contribution in [1.82, 2.24) is 0 Å². The van der Waals surface area contributed by atoms with Crippen molar-refractivity contribution in [2.45, 2.75) is 103 Å². The number of allylic oxidation sites excluding steroid dienone is 3. The third-order valence-electron chi connectivity index (χ3n) is 8.86. The molecule has 190 valence electrons. The minimum absolute atomic E-state index is 0.132. The Labute approximate surface area is 207 Å².